The number of pyridine rings is 1. The van der Waals surface area contributed by atoms with Gasteiger partial charge in [0.2, 0.25) is 5.91 Å². The van der Waals surface area contributed by atoms with E-state index in [0.717, 1.165) is 0 Å². The maximum atomic E-state index is 13.8. The number of piperazine rings is 1. The van der Waals surface area contributed by atoms with Gasteiger partial charge in [-0.25, -0.2) is 9.37 Å². The Morgan fingerprint density at radius 1 is 1.68 bits per heavy atom. The van der Waals surface area contributed by atoms with Crippen LogP contribution in [0.15, 0.2) is 12.3 Å². The Morgan fingerprint density at radius 2 is 2.42 bits per heavy atom. The molecule has 19 heavy (non-hydrogen) atoms. The highest BCUT2D eigenvalue weighted by Crippen LogP contribution is 2.18. The van der Waals surface area contributed by atoms with Crippen molar-refractivity contribution in [1.82, 2.24) is 15.2 Å². The zero-order valence-electron chi connectivity index (χ0n) is 10.5. The Morgan fingerprint density at radius 3 is 3.11 bits per heavy atom. The lowest BCUT2D eigenvalue weighted by molar-refractivity contribution is -0.127. The Labute approximate surface area is 109 Å². The number of nitrogens with one attached hydrogen (secondary N) is 1. The van der Waals surface area contributed by atoms with Crippen LogP contribution in [0.2, 0.25) is 0 Å². The molecule has 1 aliphatic heterocycles. The first-order valence-corrected chi connectivity index (χ1v) is 6.05. The molecule has 1 aromatic heterocycles. The third-order valence-electron chi connectivity index (χ3n) is 3.12. The van der Waals surface area contributed by atoms with Gasteiger partial charge in [0, 0.05) is 19.3 Å². The molecule has 0 radical (unpaired) electrons. The molecule has 0 spiro atoms. The number of carbonyl (C=O) groups excluding carboxylic acids is 2. The number of nitrogen functional groups attached to an aromatic ring is 1. The van der Waals surface area contributed by atoms with Crippen LogP contribution in [0.25, 0.3) is 0 Å². The number of carbonyl (C=O) groups is 2. The van der Waals surface area contributed by atoms with Crippen LogP contribution < -0.4 is 11.1 Å². The lowest BCUT2D eigenvalue weighted by Gasteiger charge is -2.34. The van der Waals surface area contributed by atoms with Crippen LogP contribution in [0.1, 0.15) is 23.7 Å². The predicted molar refractivity (Wildman–Crippen MR) is 66.7 cm³/mol. The minimum atomic E-state index is -0.840. The van der Waals surface area contributed by atoms with Crippen LogP contribution in [0, 0.1) is 5.82 Å². The third-order valence-corrected chi connectivity index (χ3v) is 3.12. The topological polar surface area (TPSA) is 88.3 Å². The molecule has 0 aliphatic carbocycles. The van der Waals surface area contributed by atoms with Gasteiger partial charge in [-0.15, -0.1) is 0 Å². The number of anilines is 1. The summed E-state index contributed by atoms with van der Waals surface area (Å²) in [5, 5.41) is 2.68. The molecular weight excluding hydrogens is 251 g/mol. The van der Waals surface area contributed by atoms with Gasteiger partial charge in [0.1, 0.15) is 6.04 Å². The van der Waals surface area contributed by atoms with Crippen molar-refractivity contribution in [2.24, 2.45) is 0 Å². The Hall–Kier alpha value is -2.18. The number of aromatic nitrogens is 1. The molecule has 1 saturated heterocycles. The van der Waals surface area contributed by atoms with E-state index >= 15 is 0 Å². The maximum absolute atomic E-state index is 13.8. The van der Waals surface area contributed by atoms with Gasteiger partial charge >= 0.3 is 0 Å². The van der Waals surface area contributed by atoms with Gasteiger partial charge in [0.25, 0.3) is 5.91 Å². The zero-order chi connectivity index (χ0) is 14.0. The minimum Gasteiger partial charge on any atom is -0.381 e. The van der Waals surface area contributed by atoms with E-state index in [1.807, 2.05) is 0 Å². The van der Waals surface area contributed by atoms with Gasteiger partial charge in [-0.3, -0.25) is 9.59 Å². The minimum absolute atomic E-state index is 0.152. The van der Waals surface area contributed by atoms with Crippen molar-refractivity contribution in [3.05, 3.63) is 23.6 Å². The SMILES string of the molecule is CCC1C(=O)NCCN1C(=O)c1ccnc(N)c1F. The summed E-state index contributed by atoms with van der Waals surface area (Å²) in [6.07, 6.45) is 1.75. The van der Waals surface area contributed by atoms with Gasteiger partial charge in [-0.2, -0.15) is 0 Å². The van der Waals surface area contributed by atoms with Crippen molar-refractivity contribution in [2.45, 2.75) is 19.4 Å². The first-order valence-electron chi connectivity index (χ1n) is 6.05. The molecule has 2 amide bonds. The molecule has 1 unspecified atom stereocenters. The standard InChI is InChI=1S/C12H15FN4O2/c1-2-8-11(18)16-5-6-17(8)12(19)7-3-4-15-10(14)9(7)13/h3-4,8H,2,5-6H2,1H3,(H2,14,15)(H,16,18). The molecule has 7 heteroatoms. The maximum Gasteiger partial charge on any atom is 0.257 e. The highest BCUT2D eigenvalue weighted by molar-refractivity contribution is 5.98. The Balaban J connectivity index is 2.32. The van der Waals surface area contributed by atoms with E-state index in [-0.39, 0.29) is 17.3 Å². The lowest BCUT2D eigenvalue weighted by Crippen LogP contribution is -2.57. The summed E-state index contributed by atoms with van der Waals surface area (Å²) >= 11 is 0. The Kier molecular flexibility index (Phi) is 3.64. The lowest BCUT2D eigenvalue weighted by atomic mass is 10.1. The molecule has 2 rings (SSSR count). The van der Waals surface area contributed by atoms with Gasteiger partial charge in [0.15, 0.2) is 11.6 Å². The number of nitrogens with two attached hydrogens (primary N) is 1. The second-order valence-corrected chi connectivity index (χ2v) is 4.27. The van der Waals surface area contributed by atoms with Crippen LogP contribution in [0.3, 0.4) is 0 Å². The molecule has 3 N–H and O–H groups in total. The van der Waals surface area contributed by atoms with E-state index in [1.54, 1.807) is 6.92 Å². The van der Waals surface area contributed by atoms with Gasteiger partial charge in [-0.1, -0.05) is 6.92 Å². The molecule has 1 fully saturated rings. The van der Waals surface area contributed by atoms with E-state index in [0.29, 0.717) is 19.5 Å². The summed E-state index contributed by atoms with van der Waals surface area (Å²) in [6.45, 7) is 2.51. The van der Waals surface area contributed by atoms with E-state index in [4.69, 9.17) is 5.73 Å². The second-order valence-electron chi connectivity index (χ2n) is 4.27. The fraction of sp³-hybridized carbons (Fsp3) is 0.417. The van der Waals surface area contributed by atoms with Crippen LogP contribution in [-0.2, 0) is 4.79 Å². The summed E-state index contributed by atoms with van der Waals surface area (Å²) in [6, 6.07) is 0.697. The van der Waals surface area contributed by atoms with Crippen LogP contribution >= 0.6 is 0 Å². The molecule has 0 bridgehead atoms. The quantitative estimate of drug-likeness (QED) is 0.797. The fourth-order valence-corrected chi connectivity index (χ4v) is 2.14. The first kappa shape index (κ1) is 13.3. The van der Waals surface area contributed by atoms with Gasteiger partial charge in [0.05, 0.1) is 5.56 Å². The first-order chi connectivity index (χ1) is 9.06. The van der Waals surface area contributed by atoms with Gasteiger partial charge < -0.3 is 16.0 Å². The summed E-state index contributed by atoms with van der Waals surface area (Å²) in [7, 11) is 0. The van der Waals surface area contributed by atoms with Crippen molar-refractivity contribution in [3.8, 4) is 0 Å². The van der Waals surface area contributed by atoms with Crippen molar-refractivity contribution < 1.29 is 14.0 Å². The number of rotatable bonds is 2. The summed E-state index contributed by atoms with van der Waals surface area (Å²) in [5.41, 5.74) is 5.19. The van der Waals surface area contributed by atoms with Crippen molar-refractivity contribution in [1.29, 1.82) is 0 Å². The average Bonchev–Trinajstić information content (AvgIpc) is 2.41. The highest BCUT2D eigenvalue weighted by Gasteiger charge is 2.33. The molecular formula is C12H15FN4O2. The van der Waals surface area contributed by atoms with Crippen LogP contribution in [0.4, 0.5) is 10.2 Å². The van der Waals surface area contributed by atoms with E-state index in [9.17, 15) is 14.0 Å². The van der Waals surface area contributed by atoms with Crippen molar-refractivity contribution in [3.63, 3.8) is 0 Å². The predicted octanol–water partition coefficient (Wildman–Crippen LogP) is 0.153. The monoisotopic (exact) mass is 266 g/mol. The highest BCUT2D eigenvalue weighted by atomic mass is 19.1. The van der Waals surface area contributed by atoms with E-state index in [2.05, 4.69) is 10.3 Å². The number of nitrogens with zero attached hydrogens (tertiary/aromatic N) is 2. The molecule has 1 aliphatic rings. The largest absolute Gasteiger partial charge is 0.381 e. The van der Waals surface area contributed by atoms with Crippen LogP contribution in [0.5, 0.6) is 0 Å². The number of hydrogen-bond acceptors (Lipinski definition) is 4. The molecule has 0 saturated carbocycles. The second kappa shape index (κ2) is 5.21. The number of halogens is 1. The normalized spacial score (nSPS) is 19.2. The molecule has 102 valence electrons. The summed E-state index contributed by atoms with van der Waals surface area (Å²) in [5.74, 6) is -1.91. The Bertz CT molecular complexity index is 520. The molecule has 1 aromatic rings. The molecule has 0 aromatic carbocycles. The molecule has 1 atom stereocenters. The zero-order valence-corrected chi connectivity index (χ0v) is 10.5. The number of amides is 2. The molecule has 2 heterocycles. The summed E-state index contributed by atoms with van der Waals surface area (Å²) in [4.78, 5) is 28.9. The van der Waals surface area contributed by atoms with Crippen LogP contribution in [-0.4, -0.2) is 40.8 Å². The fourth-order valence-electron chi connectivity index (χ4n) is 2.14. The van der Waals surface area contributed by atoms with Crippen molar-refractivity contribution in [2.75, 3.05) is 18.8 Å². The van der Waals surface area contributed by atoms with E-state index in [1.165, 1.54) is 17.2 Å². The average molecular weight is 266 g/mol. The molecule has 6 nitrogen and oxygen atoms in total. The summed E-state index contributed by atoms with van der Waals surface area (Å²) < 4.78 is 13.8. The number of hydrogen-bond donors (Lipinski definition) is 2. The van der Waals surface area contributed by atoms with E-state index < -0.39 is 17.8 Å². The van der Waals surface area contributed by atoms with Crippen molar-refractivity contribution >= 4 is 17.6 Å². The third kappa shape index (κ3) is 2.35. The smallest absolute Gasteiger partial charge is 0.257 e. The van der Waals surface area contributed by atoms with Gasteiger partial charge in [-0.05, 0) is 12.5 Å².